The van der Waals surface area contributed by atoms with E-state index in [1.807, 2.05) is 24.3 Å². The number of benzene rings is 3. The van der Waals surface area contributed by atoms with Gasteiger partial charge < -0.3 is 54.6 Å². The monoisotopic (exact) mass is 893 g/mol. The predicted octanol–water partition coefficient (Wildman–Crippen LogP) is 4.45. The largest absolute Gasteiger partial charge is 0.497 e. The van der Waals surface area contributed by atoms with Crippen LogP contribution < -0.4 is 26.0 Å². The van der Waals surface area contributed by atoms with Crippen molar-refractivity contribution in [3.05, 3.63) is 89.1 Å². The highest BCUT2D eigenvalue weighted by atomic mass is 16.6. The normalized spacial score (nSPS) is 16.1. The number of carbonyl (C=O) groups is 5. The molecule has 0 radical (unpaired) electrons. The highest BCUT2D eigenvalue weighted by molar-refractivity contribution is 6.16. The summed E-state index contributed by atoms with van der Waals surface area (Å²) in [5, 5.41) is 12.3. The summed E-state index contributed by atoms with van der Waals surface area (Å²) >= 11 is 0. The second-order valence-electron chi connectivity index (χ2n) is 16.9. The topological polar surface area (TPSA) is 182 Å². The third kappa shape index (κ3) is 10.9. The Morgan fingerprint density at radius 3 is 2.02 bits per heavy atom. The molecule has 1 saturated carbocycles. The number of amides is 5. The van der Waals surface area contributed by atoms with Gasteiger partial charge in [-0.15, -0.1) is 0 Å². The number of piperazine rings is 1. The summed E-state index contributed by atoms with van der Waals surface area (Å²) in [7, 11) is 5.03. The number of nitrogens with zero attached hydrogens (tertiary/aromatic N) is 3. The molecule has 4 N–H and O–H groups in total. The zero-order valence-corrected chi connectivity index (χ0v) is 38.0. The second-order valence-corrected chi connectivity index (χ2v) is 16.9. The first-order valence-corrected chi connectivity index (χ1v) is 22.9. The Morgan fingerprint density at radius 1 is 0.769 bits per heavy atom. The van der Waals surface area contributed by atoms with Crippen LogP contribution in [0, 0.1) is 5.92 Å². The van der Waals surface area contributed by atoms with E-state index in [1.54, 1.807) is 60.7 Å². The van der Waals surface area contributed by atoms with Gasteiger partial charge in [-0.3, -0.25) is 19.2 Å². The van der Waals surface area contributed by atoms with Gasteiger partial charge in [-0.05, 0) is 67.1 Å². The molecule has 0 spiro atoms. The van der Waals surface area contributed by atoms with Gasteiger partial charge >= 0.3 is 6.09 Å². The zero-order valence-electron chi connectivity index (χ0n) is 38.0. The third-order valence-electron chi connectivity index (χ3n) is 13.0. The van der Waals surface area contributed by atoms with E-state index in [0.29, 0.717) is 29.7 Å². The average Bonchev–Trinajstić information content (AvgIpc) is 3.83. The number of aromatic nitrogens is 1. The smallest absolute Gasteiger partial charge is 0.407 e. The number of rotatable bonds is 19. The van der Waals surface area contributed by atoms with Crippen LogP contribution in [0.15, 0.2) is 66.7 Å². The van der Waals surface area contributed by atoms with Gasteiger partial charge in [-0.25, -0.2) is 4.79 Å². The first-order valence-electron chi connectivity index (χ1n) is 22.9. The Balaban J connectivity index is 0.860. The minimum atomic E-state index is -0.618. The molecule has 65 heavy (non-hydrogen) atoms. The van der Waals surface area contributed by atoms with Crippen LogP contribution in [-0.4, -0.2) is 143 Å². The minimum absolute atomic E-state index is 0.0152. The van der Waals surface area contributed by atoms with Crippen LogP contribution in [0.1, 0.15) is 76.9 Å². The van der Waals surface area contributed by atoms with Gasteiger partial charge in [0.15, 0.2) is 0 Å². The summed E-state index contributed by atoms with van der Waals surface area (Å²) in [6.07, 6.45) is 4.43. The van der Waals surface area contributed by atoms with Crippen molar-refractivity contribution in [1.29, 1.82) is 0 Å². The Labute approximate surface area is 380 Å². The molecule has 2 atom stereocenters. The predicted molar refractivity (Wildman–Crippen MR) is 246 cm³/mol. The number of methoxy groups -OCH3 is 1. The fraction of sp³-hybridized carbons (Fsp3) is 0.490. The number of ether oxygens (including phenoxy) is 4. The summed E-state index contributed by atoms with van der Waals surface area (Å²) < 4.78 is 24.1. The number of aryl methyl sites for hydroxylation is 1. The van der Waals surface area contributed by atoms with Crippen molar-refractivity contribution >= 4 is 40.6 Å². The molecule has 16 heteroatoms. The summed E-state index contributed by atoms with van der Waals surface area (Å²) in [6, 6.07) is 20.7. The van der Waals surface area contributed by atoms with Crippen molar-refractivity contribution in [2.45, 2.75) is 57.0 Å². The molecule has 16 nitrogen and oxygen atoms in total. The van der Waals surface area contributed by atoms with E-state index >= 15 is 0 Å². The molecule has 1 unspecified atom stereocenters. The van der Waals surface area contributed by atoms with Gasteiger partial charge in [0.1, 0.15) is 24.1 Å². The van der Waals surface area contributed by atoms with E-state index in [4.69, 9.17) is 18.9 Å². The first kappa shape index (κ1) is 47.0. The molecule has 1 aliphatic heterocycles. The highest BCUT2D eigenvalue weighted by Crippen LogP contribution is 2.44. The van der Waals surface area contributed by atoms with Crippen LogP contribution in [0.25, 0.3) is 22.0 Å². The lowest BCUT2D eigenvalue weighted by molar-refractivity contribution is -0.140. The fourth-order valence-electron chi connectivity index (χ4n) is 9.28. The van der Waals surface area contributed by atoms with Crippen molar-refractivity contribution in [2.75, 3.05) is 86.5 Å². The maximum atomic E-state index is 14.4. The van der Waals surface area contributed by atoms with Gasteiger partial charge in [0, 0.05) is 63.7 Å². The molecule has 3 aromatic carbocycles. The maximum Gasteiger partial charge on any atom is 0.407 e. The average molecular weight is 894 g/mol. The van der Waals surface area contributed by atoms with Crippen molar-refractivity contribution in [3.63, 3.8) is 0 Å². The zero-order chi connectivity index (χ0) is 45.9. The van der Waals surface area contributed by atoms with Crippen LogP contribution in [-0.2, 0) is 30.8 Å². The summed E-state index contributed by atoms with van der Waals surface area (Å²) in [4.78, 5) is 71.1. The van der Waals surface area contributed by atoms with Crippen LogP contribution >= 0.6 is 0 Å². The summed E-state index contributed by atoms with van der Waals surface area (Å²) in [5.74, 6) is -0.425. The van der Waals surface area contributed by atoms with E-state index in [2.05, 4.69) is 45.5 Å². The van der Waals surface area contributed by atoms with Crippen molar-refractivity contribution in [3.8, 4) is 16.9 Å². The van der Waals surface area contributed by atoms with E-state index in [0.717, 1.165) is 43.2 Å². The molecule has 2 heterocycles. The van der Waals surface area contributed by atoms with Gasteiger partial charge in [0.2, 0.25) is 11.8 Å². The van der Waals surface area contributed by atoms with Crippen LogP contribution in [0.2, 0.25) is 0 Å². The number of nitrogens with one attached hydrogen (secondary N) is 4. The molecular weight excluding hydrogens is 831 g/mol. The molecule has 2 fully saturated rings. The first-order chi connectivity index (χ1) is 31.6. The lowest BCUT2D eigenvalue weighted by Crippen LogP contribution is -2.59. The molecule has 3 aliphatic rings. The Morgan fingerprint density at radius 2 is 1.38 bits per heavy atom. The SMILES string of the molecule is CN[C@@H](C)C(=O)NC(C(=O)N1CCN(C(=O)c2c(C(=O)NCCOCCOCCNC(=O)OCC3c4ccccc4-c4ccccc43)c3ccc(OC)cc3n2C)CC1)C1CCCCC1. The summed E-state index contributed by atoms with van der Waals surface area (Å²) in [5.41, 5.74) is 5.79. The lowest BCUT2D eigenvalue weighted by atomic mass is 9.83. The minimum Gasteiger partial charge on any atom is -0.497 e. The Kier molecular flexibility index (Phi) is 16.1. The van der Waals surface area contributed by atoms with E-state index in [9.17, 15) is 24.0 Å². The number of hydrogen-bond donors (Lipinski definition) is 4. The molecule has 0 bridgehead atoms. The summed E-state index contributed by atoms with van der Waals surface area (Å²) in [6.45, 7) is 4.67. The number of hydrogen-bond acceptors (Lipinski definition) is 10. The van der Waals surface area contributed by atoms with Crippen LogP contribution in [0.3, 0.4) is 0 Å². The molecular formula is C49H63N7O9. The third-order valence-corrected chi connectivity index (χ3v) is 13.0. The number of likely N-dealkylation sites (N-methyl/N-ethyl adjacent to an activating group) is 1. The van der Waals surface area contributed by atoms with Crippen molar-refractivity contribution < 1.29 is 42.9 Å². The molecule has 5 amide bonds. The van der Waals surface area contributed by atoms with Crippen molar-refractivity contribution in [2.24, 2.45) is 13.0 Å². The molecule has 1 saturated heterocycles. The standard InChI is InChI=1S/C49H63N7O9/c1-32(50-2)45(57)53-43(33-12-6-5-7-13-33)47(59)55-22-24-56(25-23-55)48(60)44-42(39-19-18-34(62-4)30-41(39)54(44)3)46(58)51-20-26-63-28-29-64-27-21-52-49(61)65-31-40-37-16-10-8-14-35(37)36-15-9-11-17-38(36)40/h8-11,14-19,30,32-33,40,43,50H,5-7,12-13,20-29,31H2,1-4H3,(H,51,58)(H,52,61)(H,53,57)/t32-,43?/m0/s1. The Bertz CT molecular complexity index is 2270. The number of alkyl carbamates (subject to hydrolysis) is 1. The maximum absolute atomic E-state index is 14.4. The van der Waals surface area contributed by atoms with Gasteiger partial charge in [0.25, 0.3) is 11.8 Å². The number of carbonyl (C=O) groups excluding carboxylic acids is 5. The van der Waals surface area contributed by atoms with Gasteiger partial charge in [-0.1, -0.05) is 67.8 Å². The fourth-order valence-corrected chi connectivity index (χ4v) is 9.28. The molecule has 348 valence electrons. The lowest BCUT2D eigenvalue weighted by Gasteiger charge is -2.39. The molecule has 1 aromatic heterocycles. The highest BCUT2D eigenvalue weighted by Gasteiger charge is 2.38. The second kappa shape index (κ2) is 22.3. The Hall–Kier alpha value is -5.97. The van der Waals surface area contributed by atoms with E-state index in [1.165, 1.54) is 11.1 Å². The van der Waals surface area contributed by atoms with E-state index < -0.39 is 24.1 Å². The van der Waals surface area contributed by atoms with Crippen LogP contribution in [0.4, 0.5) is 4.79 Å². The van der Waals surface area contributed by atoms with E-state index in [-0.39, 0.29) is 100 Å². The molecule has 7 rings (SSSR count). The molecule has 2 aliphatic carbocycles. The van der Waals surface area contributed by atoms with Gasteiger partial charge in [-0.2, -0.15) is 0 Å². The number of fused-ring (bicyclic) bond motifs is 4. The van der Waals surface area contributed by atoms with Crippen molar-refractivity contribution in [1.82, 2.24) is 35.6 Å². The van der Waals surface area contributed by atoms with Gasteiger partial charge in [0.05, 0.1) is 50.7 Å². The van der Waals surface area contributed by atoms with Crippen LogP contribution in [0.5, 0.6) is 5.75 Å². The quantitative estimate of drug-likeness (QED) is 0.0983. The molecule has 4 aromatic rings.